The fourth-order valence-corrected chi connectivity index (χ4v) is 2.97. The smallest absolute Gasteiger partial charge is 0.419 e. The van der Waals surface area contributed by atoms with Crippen molar-refractivity contribution < 1.29 is 18.7 Å². The Balaban J connectivity index is 1.45. The first kappa shape index (κ1) is 16.5. The van der Waals surface area contributed by atoms with Crippen LogP contribution in [0.1, 0.15) is 6.42 Å². The summed E-state index contributed by atoms with van der Waals surface area (Å²) < 4.78 is 17.5. The van der Waals surface area contributed by atoms with E-state index in [-0.39, 0.29) is 18.9 Å². The molecule has 0 bridgehead atoms. The average Bonchev–Trinajstić information content (AvgIpc) is 2.94. The number of benzene rings is 2. The maximum atomic E-state index is 12.2. The van der Waals surface area contributed by atoms with Crippen molar-refractivity contribution in [3.05, 3.63) is 52.0 Å². The average molecular weight is 375 g/mol. The molecule has 0 radical (unpaired) electrons. The molecule has 1 amide bonds. The van der Waals surface area contributed by atoms with Crippen LogP contribution in [0, 0.1) is 0 Å². The second-order valence-corrected chi connectivity index (χ2v) is 6.22. The molecule has 1 N–H and O–H groups in total. The minimum Gasteiger partial charge on any atom is -0.486 e. The first-order chi connectivity index (χ1) is 12.6. The zero-order valence-corrected chi connectivity index (χ0v) is 14.4. The third kappa shape index (κ3) is 3.25. The molecule has 0 atom stereocenters. The highest BCUT2D eigenvalue weighted by Gasteiger charge is 2.14. The summed E-state index contributed by atoms with van der Waals surface area (Å²) in [6.07, 6.45) is 0.107. The lowest BCUT2D eigenvalue weighted by atomic mass is 10.2. The van der Waals surface area contributed by atoms with Gasteiger partial charge < -0.3 is 19.2 Å². The zero-order chi connectivity index (χ0) is 18.1. The van der Waals surface area contributed by atoms with E-state index in [4.69, 9.17) is 25.5 Å². The van der Waals surface area contributed by atoms with E-state index in [1.54, 1.807) is 36.4 Å². The molecule has 2 heterocycles. The van der Waals surface area contributed by atoms with E-state index >= 15 is 0 Å². The number of halogens is 1. The normalized spacial score (nSPS) is 13.0. The first-order valence-electron chi connectivity index (χ1n) is 8.08. The van der Waals surface area contributed by atoms with Gasteiger partial charge in [0.2, 0.25) is 5.91 Å². The fourth-order valence-electron chi connectivity index (χ4n) is 2.80. The van der Waals surface area contributed by atoms with Gasteiger partial charge in [0.25, 0.3) is 0 Å². The van der Waals surface area contributed by atoms with Crippen LogP contribution in [0.4, 0.5) is 5.69 Å². The Morgan fingerprint density at radius 3 is 2.77 bits per heavy atom. The number of hydrogen-bond donors (Lipinski definition) is 1. The van der Waals surface area contributed by atoms with E-state index in [2.05, 4.69) is 5.32 Å². The van der Waals surface area contributed by atoms with Gasteiger partial charge in [-0.3, -0.25) is 9.36 Å². The minimum absolute atomic E-state index is 0.107. The van der Waals surface area contributed by atoms with E-state index in [0.717, 1.165) is 0 Å². The molecular formula is C18H15ClN2O5. The van der Waals surface area contributed by atoms with Gasteiger partial charge in [-0.2, -0.15) is 0 Å². The molecule has 1 aromatic heterocycles. The Bertz CT molecular complexity index is 1040. The van der Waals surface area contributed by atoms with Gasteiger partial charge in [-0.1, -0.05) is 11.6 Å². The van der Waals surface area contributed by atoms with Crippen LogP contribution in [0.15, 0.2) is 45.6 Å². The van der Waals surface area contributed by atoms with Gasteiger partial charge >= 0.3 is 5.76 Å². The lowest BCUT2D eigenvalue weighted by molar-refractivity contribution is -0.116. The largest absolute Gasteiger partial charge is 0.486 e. The van der Waals surface area contributed by atoms with Crippen molar-refractivity contribution in [3.63, 3.8) is 0 Å². The molecule has 7 nitrogen and oxygen atoms in total. The van der Waals surface area contributed by atoms with E-state index < -0.39 is 5.76 Å². The first-order valence-corrected chi connectivity index (χ1v) is 8.46. The number of fused-ring (bicyclic) bond motifs is 2. The fraction of sp³-hybridized carbons (Fsp3) is 0.222. The summed E-state index contributed by atoms with van der Waals surface area (Å²) in [5.41, 5.74) is 1.60. The van der Waals surface area contributed by atoms with Crippen molar-refractivity contribution in [1.82, 2.24) is 4.57 Å². The second kappa shape index (κ2) is 6.76. The molecule has 0 unspecified atom stereocenters. The van der Waals surface area contributed by atoms with Crippen molar-refractivity contribution in [1.29, 1.82) is 0 Å². The van der Waals surface area contributed by atoms with Crippen LogP contribution in [0.3, 0.4) is 0 Å². The predicted molar refractivity (Wildman–Crippen MR) is 96.2 cm³/mol. The number of amides is 1. The Labute approximate surface area is 153 Å². The standard InChI is InChI=1S/C18H15ClN2O5/c19-11-1-3-14-13(9-11)21(18(23)26-14)6-5-17(22)20-12-2-4-15-16(10-12)25-8-7-24-15/h1-4,9-10H,5-8H2,(H,20,22). The maximum Gasteiger partial charge on any atom is 0.419 e. The van der Waals surface area contributed by atoms with Gasteiger partial charge in [0, 0.05) is 29.7 Å². The minimum atomic E-state index is -0.519. The van der Waals surface area contributed by atoms with Gasteiger partial charge in [-0.15, -0.1) is 0 Å². The number of hydrogen-bond acceptors (Lipinski definition) is 5. The predicted octanol–water partition coefficient (Wildman–Crippen LogP) is 3.05. The topological polar surface area (TPSA) is 82.7 Å². The van der Waals surface area contributed by atoms with Gasteiger partial charge in [-0.05, 0) is 30.3 Å². The highest BCUT2D eigenvalue weighted by molar-refractivity contribution is 6.31. The summed E-state index contributed by atoms with van der Waals surface area (Å²) in [4.78, 5) is 24.2. The third-order valence-electron chi connectivity index (χ3n) is 4.02. The summed E-state index contributed by atoms with van der Waals surface area (Å²) in [5.74, 6) is 0.502. The monoisotopic (exact) mass is 374 g/mol. The summed E-state index contributed by atoms with van der Waals surface area (Å²) >= 11 is 5.97. The summed E-state index contributed by atoms with van der Waals surface area (Å²) in [7, 11) is 0. The number of carbonyl (C=O) groups excluding carboxylic acids is 1. The second-order valence-electron chi connectivity index (χ2n) is 5.79. The van der Waals surface area contributed by atoms with E-state index in [0.29, 0.717) is 46.5 Å². The van der Waals surface area contributed by atoms with Crippen LogP contribution in [-0.4, -0.2) is 23.7 Å². The lowest BCUT2D eigenvalue weighted by Crippen LogP contribution is -2.20. The quantitative estimate of drug-likeness (QED) is 0.759. The number of nitrogens with one attached hydrogen (secondary N) is 1. The number of aromatic nitrogens is 1. The van der Waals surface area contributed by atoms with Crippen molar-refractivity contribution in [2.75, 3.05) is 18.5 Å². The molecular weight excluding hydrogens is 360 g/mol. The van der Waals surface area contributed by atoms with Gasteiger partial charge in [0.15, 0.2) is 17.1 Å². The molecule has 0 saturated heterocycles. The van der Waals surface area contributed by atoms with Crippen molar-refractivity contribution in [3.8, 4) is 11.5 Å². The molecule has 2 aromatic carbocycles. The van der Waals surface area contributed by atoms with Crippen molar-refractivity contribution >= 4 is 34.3 Å². The summed E-state index contributed by atoms with van der Waals surface area (Å²) in [6, 6.07) is 10.1. The Kier molecular flexibility index (Phi) is 4.30. The molecule has 0 spiro atoms. The van der Waals surface area contributed by atoms with Crippen LogP contribution in [-0.2, 0) is 11.3 Å². The van der Waals surface area contributed by atoms with Crippen LogP contribution >= 0.6 is 11.6 Å². The van der Waals surface area contributed by atoms with Crippen molar-refractivity contribution in [2.45, 2.75) is 13.0 Å². The van der Waals surface area contributed by atoms with Gasteiger partial charge in [0.05, 0.1) is 5.52 Å². The zero-order valence-electron chi connectivity index (χ0n) is 13.7. The van der Waals surface area contributed by atoms with E-state index in [9.17, 15) is 9.59 Å². The molecule has 0 saturated carbocycles. The SMILES string of the molecule is O=C(CCn1c(=O)oc2ccc(Cl)cc21)Nc1ccc2c(c1)OCCO2. The Morgan fingerprint density at radius 2 is 1.92 bits per heavy atom. The highest BCUT2D eigenvalue weighted by Crippen LogP contribution is 2.32. The molecule has 1 aliphatic rings. The summed E-state index contributed by atoms with van der Waals surface area (Å²) in [6.45, 7) is 1.17. The molecule has 26 heavy (non-hydrogen) atoms. The van der Waals surface area contributed by atoms with Crippen LogP contribution < -0.4 is 20.5 Å². The number of nitrogens with zero attached hydrogens (tertiary/aromatic N) is 1. The number of aryl methyl sites for hydroxylation is 1. The Hall–Kier alpha value is -2.93. The van der Waals surface area contributed by atoms with Gasteiger partial charge in [0.1, 0.15) is 13.2 Å². The molecule has 0 fully saturated rings. The molecule has 1 aliphatic heterocycles. The highest BCUT2D eigenvalue weighted by atomic mass is 35.5. The molecule has 134 valence electrons. The van der Waals surface area contributed by atoms with Crippen LogP contribution in [0.2, 0.25) is 5.02 Å². The molecule has 4 rings (SSSR count). The number of ether oxygens (including phenoxy) is 2. The maximum absolute atomic E-state index is 12.2. The molecule has 3 aromatic rings. The number of carbonyl (C=O) groups is 1. The molecule has 0 aliphatic carbocycles. The van der Waals surface area contributed by atoms with Crippen molar-refractivity contribution in [2.24, 2.45) is 0 Å². The molecule has 8 heteroatoms. The van der Waals surface area contributed by atoms with Gasteiger partial charge in [-0.25, -0.2) is 4.79 Å². The van der Waals surface area contributed by atoms with Crippen LogP contribution in [0.5, 0.6) is 11.5 Å². The number of rotatable bonds is 4. The third-order valence-corrected chi connectivity index (χ3v) is 4.25. The number of anilines is 1. The van der Waals surface area contributed by atoms with E-state index in [1.807, 2.05) is 0 Å². The number of oxazole rings is 1. The Morgan fingerprint density at radius 1 is 1.12 bits per heavy atom. The van der Waals surface area contributed by atoms with Crippen LogP contribution in [0.25, 0.3) is 11.1 Å². The lowest BCUT2D eigenvalue weighted by Gasteiger charge is -2.19. The summed E-state index contributed by atoms with van der Waals surface area (Å²) in [5, 5.41) is 3.28. The van der Waals surface area contributed by atoms with E-state index in [1.165, 1.54) is 4.57 Å².